The number of piperidine rings is 2. The molecule has 0 aliphatic carbocycles. The van der Waals surface area contributed by atoms with E-state index in [0.717, 1.165) is 16.5 Å². The van der Waals surface area contributed by atoms with Gasteiger partial charge >= 0.3 is 11.9 Å². The first kappa shape index (κ1) is 23.3. The number of methoxy groups -OCH3 is 1. The van der Waals surface area contributed by atoms with Crippen LogP contribution in [-0.2, 0) is 19.1 Å². The van der Waals surface area contributed by atoms with Crippen LogP contribution in [0.4, 0.5) is 0 Å². The van der Waals surface area contributed by atoms with Crippen molar-refractivity contribution in [2.24, 2.45) is 11.8 Å². The summed E-state index contributed by atoms with van der Waals surface area (Å²) < 4.78 is 17.8. The van der Waals surface area contributed by atoms with Crippen molar-refractivity contribution in [2.45, 2.75) is 50.7 Å². The molecule has 0 spiro atoms. The van der Waals surface area contributed by atoms with E-state index in [9.17, 15) is 9.59 Å². The Labute approximate surface area is 195 Å². The summed E-state index contributed by atoms with van der Waals surface area (Å²) in [7, 11) is 3.93. The van der Waals surface area contributed by atoms with Gasteiger partial charge in [0.15, 0.2) is 0 Å². The Bertz CT molecular complexity index is 768. The number of ether oxygens (including phenoxy) is 3. The number of halogens is 1. The molecule has 0 radical (unpaired) electrons. The molecule has 7 heteroatoms. The van der Waals surface area contributed by atoms with E-state index in [2.05, 4.69) is 7.05 Å². The number of fused-ring (bicyclic) bond motifs is 1. The van der Waals surface area contributed by atoms with Gasteiger partial charge in [0, 0.05) is 17.9 Å². The Balaban J connectivity index is 0.00000256. The summed E-state index contributed by atoms with van der Waals surface area (Å²) in [6.45, 7) is 2.91. The van der Waals surface area contributed by atoms with Crippen molar-refractivity contribution in [2.75, 3.05) is 33.9 Å². The van der Waals surface area contributed by atoms with Gasteiger partial charge in [0.05, 0.1) is 46.3 Å². The number of quaternary nitrogens is 1. The van der Waals surface area contributed by atoms with Gasteiger partial charge < -0.3 is 42.7 Å². The van der Waals surface area contributed by atoms with Gasteiger partial charge in [0.2, 0.25) is 0 Å². The van der Waals surface area contributed by atoms with Gasteiger partial charge in [-0.25, -0.2) is 0 Å². The summed E-state index contributed by atoms with van der Waals surface area (Å²) in [6, 6.07) is 7.95. The van der Waals surface area contributed by atoms with Crippen molar-refractivity contribution in [3.8, 4) is 5.75 Å². The molecule has 3 heterocycles. The van der Waals surface area contributed by atoms with Crippen LogP contribution in [0.5, 0.6) is 5.75 Å². The van der Waals surface area contributed by atoms with Gasteiger partial charge in [-0.2, -0.15) is 0 Å². The third-order valence-electron chi connectivity index (χ3n) is 7.21. The van der Waals surface area contributed by atoms with E-state index in [1.165, 1.54) is 38.8 Å². The first-order valence-corrected chi connectivity index (χ1v) is 10.8. The standard InChI is InChI=1S/C23H32NO5.HI/c1-24-12-6-5-10-19(24)16(8-7-13-24)15-28-23(26)18-14-21(25)29-22(18)17-9-3-4-11-20(17)27-2;/h3-4,9,11,16,18-19,22H,5-8,10,12-15H2,1-2H3;1H/q+1;/p-1/t16-,18-,19+,22?,24?;/m1./s1. The molecule has 2 unspecified atom stereocenters. The number of esters is 2. The molecule has 6 nitrogen and oxygen atoms in total. The third kappa shape index (κ3) is 4.61. The zero-order valence-electron chi connectivity index (χ0n) is 17.8. The van der Waals surface area contributed by atoms with Crippen molar-refractivity contribution >= 4 is 11.9 Å². The van der Waals surface area contributed by atoms with Gasteiger partial charge in [-0.05, 0) is 31.7 Å². The summed E-state index contributed by atoms with van der Waals surface area (Å²) in [4.78, 5) is 25.0. The molecule has 3 aliphatic rings. The maximum atomic E-state index is 13.0. The SMILES string of the molecule is COc1ccccc1C1OC(=O)C[C@H]1C(=O)OC[C@H]1CCC[N+]2(C)CCCC[C@@H]12.[I-]. The lowest BCUT2D eigenvalue weighted by Gasteiger charge is -2.51. The number of carbonyl (C=O) groups is 2. The van der Waals surface area contributed by atoms with Crippen LogP contribution in [0.2, 0.25) is 0 Å². The van der Waals surface area contributed by atoms with Crippen LogP contribution >= 0.6 is 0 Å². The number of hydrogen-bond donors (Lipinski definition) is 0. The largest absolute Gasteiger partial charge is 1.00 e. The van der Waals surface area contributed by atoms with Gasteiger partial charge in [-0.15, -0.1) is 0 Å². The molecule has 4 rings (SSSR count). The lowest BCUT2D eigenvalue weighted by atomic mass is 9.82. The lowest BCUT2D eigenvalue weighted by molar-refractivity contribution is -0.947. The maximum absolute atomic E-state index is 13.0. The highest BCUT2D eigenvalue weighted by Gasteiger charge is 2.46. The monoisotopic (exact) mass is 529 g/mol. The normalized spacial score (nSPS) is 33.1. The highest BCUT2D eigenvalue weighted by atomic mass is 127. The molecular weight excluding hydrogens is 497 g/mol. The van der Waals surface area contributed by atoms with Crippen LogP contribution in [0.1, 0.15) is 50.2 Å². The minimum absolute atomic E-state index is 0. The number of hydrogen-bond acceptors (Lipinski definition) is 5. The van der Waals surface area contributed by atoms with Crippen LogP contribution in [-0.4, -0.2) is 56.3 Å². The molecule has 0 saturated carbocycles. The van der Waals surface area contributed by atoms with Crippen molar-refractivity contribution in [3.63, 3.8) is 0 Å². The van der Waals surface area contributed by atoms with Gasteiger partial charge in [-0.1, -0.05) is 18.2 Å². The number of nitrogens with zero attached hydrogens (tertiary/aromatic N) is 1. The lowest BCUT2D eigenvalue weighted by Crippen LogP contribution is -3.00. The fraction of sp³-hybridized carbons (Fsp3) is 0.652. The van der Waals surface area contributed by atoms with Crippen molar-refractivity contribution < 1.29 is 52.3 Å². The first-order valence-electron chi connectivity index (χ1n) is 10.8. The number of para-hydroxylation sites is 1. The van der Waals surface area contributed by atoms with Crippen LogP contribution < -0.4 is 28.7 Å². The van der Waals surface area contributed by atoms with Gasteiger partial charge in [-0.3, -0.25) is 9.59 Å². The van der Waals surface area contributed by atoms with Crippen molar-refractivity contribution in [1.82, 2.24) is 0 Å². The van der Waals surface area contributed by atoms with E-state index in [1.54, 1.807) is 7.11 Å². The van der Waals surface area contributed by atoms with Gasteiger partial charge in [0.1, 0.15) is 17.8 Å². The second-order valence-corrected chi connectivity index (χ2v) is 8.99. The zero-order chi connectivity index (χ0) is 20.4. The molecule has 0 aromatic heterocycles. The summed E-state index contributed by atoms with van der Waals surface area (Å²) >= 11 is 0. The highest BCUT2D eigenvalue weighted by molar-refractivity contribution is 5.84. The molecule has 30 heavy (non-hydrogen) atoms. The Morgan fingerprint density at radius 1 is 1.17 bits per heavy atom. The number of rotatable bonds is 5. The molecular formula is C23H32INO5. The molecule has 3 aliphatic heterocycles. The highest BCUT2D eigenvalue weighted by Crippen LogP contribution is 2.41. The molecule has 166 valence electrons. The minimum atomic E-state index is -0.645. The van der Waals surface area contributed by atoms with Crippen molar-refractivity contribution in [1.29, 1.82) is 0 Å². The quantitative estimate of drug-likeness (QED) is 0.311. The Morgan fingerprint density at radius 3 is 2.73 bits per heavy atom. The minimum Gasteiger partial charge on any atom is -1.00 e. The fourth-order valence-corrected chi connectivity index (χ4v) is 5.67. The van der Waals surface area contributed by atoms with Crippen LogP contribution in [0.15, 0.2) is 24.3 Å². The van der Waals surface area contributed by atoms with E-state index >= 15 is 0 Å². The van der Waals surface area contributed by atoms with E-state index in [1.807, 2.05) is 24.3 Å². The molecule has 3 saturated heterocycles. The van der Waals surface area contributed by atoms with E-state index in [0.29, 0.717) is 24.3 Å². The Hall–Kier alpha value is -1.35. The average Bonchev–Trinajstić information content (AvgIpc) is 3.13. The number of cyclic esters (lactones) is 1. The number of carbonyl (C=O) groups excluding carboxylic acids is 2. The van der Waals surface area contributed by atoms with E-state index < -0.39 is 12.0 Å². The third-order valence-corrected chi connectivity index (χ3v) is 7.21. The second-order valence-electron chi connectivity index (χ2n) is 8.99. The molecule has 3 fully saturated rings. The fourth-order valence-electron chi connectivity index (χ4n) is 5.67. The summed E-state index contributed by atoms with van der Waals surface area (Å²) in [6.07, 6.45) is 5.49. The molecule has 0 amide bonds. The summed E-state index contributed by atoms with van der Waals surface area (Å²) in [5, 5.41) is 0. The second kappa shape index (κ2) is 9.85. The predicted molar refractivity (Wildman–Crippen MR) is 107 cm³/mol. The van der Waals surface area contributed by atoms with Crippen LogP contribution in [0.25, 0.3) is 0 Å². The molecule has 1 aromatic carbocycles. The molecule has 1 aromatic rings. The molecule has 0 bridgehead atoms. The van der Waals surface area contributed by atoms with Crippen molar-refractivity contribution in [3.05, 3.63) is 29.8 Å². The first-order chi connectivity index (χ1) is 14.0. The van der Waals surface area contributed by atoms with Gasteiger partial charge in [0.25, 0.3) is 0 Å². The molecule has 0 N–H and O–H groups in total. The Kier molecular flexibility index (Phi) is 7.66. The maximum Gasteiger partial charge on any atom is 0.313 e. The zero-order valence-corrected chi connectivity index (χ0v) is 20.0. The van der Waals surface area contributed by atoms with Crippen LogP contribution in [0, 0.1) is 11.8 Å². The smallest absolute Gasteiger partial charge is 0.313 e. The average molecular weight is 529 g/mol. The molecule has 5 atom stereocenters. The van der Waals surface area contributed by atoms with E-state index in [-0.39, 0.29) is 42.3 Å². The van der Waals surface area contributed by atoms with Crippen LogP contribution in [0.3, 0.4) is 0 Å². The Morgan fingerprint density at radius 2 is 1.93 bits per heavy atom. The number of benzene rings is 1. The summed E-state index contributed by atoms with van der Waals surface area (Å²) in [5.74, 6) is -0.290. The summed E-state index contributed by atoms with van der Waals surface area (Å²) in [5.41, 5.74) is 0.719. The predicted octanol–water partition coefficient (Wildman–Crippen LogP) is 0.256. The van der Waals surface area contributed by atoms with E-state index in [4.69, 9.17) is 14.2 Å². The topological polar surface area (TPSA) is 61.8 Å².